The molecule has 0 spiro atoms. The molecule has 130 valence electrons. The number of nitrogens with one attached hydrogen (secondary N) is 1. The molecule has 7 heteroatoms. The molecule has 1 saturated heterocycles. The van der Waals surface area contributed by atoms with Crippen molar-refractivity contribution in [3.8, 4) is 0 Å². The summed E-state index contributed by atoms with van der Waals surface area (Å²) >= 11 is 0. The summed E-state index contributed by atoms with van der Waals surface area (Å²) in [5.74, 6) is -1.19. The van der Waals surface area contributed by atoms with Crippen LogP contribution >= 0.6 is 0 Å². The average molecular weight is 335 g/mol. The van der Waals surface area contributed by atoms with Crippen LogP contribution in [0, 0.1) is 5.82 Å². The Balaban J connectivity index is 2.29. The lowest BCUT2D eigenvalue weighted by Crippen LogP contribution is -2.45. The predicted octanol–water partition coefficient (Wildman–Crippen LogP) is 1.85. The van der Waals surface area contributed by atoms with Gasteiger partial charge in [-0.05, 0) is 38.0 Å². The van der Waals surface area contributed by atoms with Crippen LogP contribution in [0.1, 0.15) is 32.8 Å². The Morgan fingerprint density at radius 1 is 1.17 bits per heavy atom. The molecule has 1 fully saturated rings. The summed E-state index contributed by atoms with van der Waals surface area (Å²) in [6.45, 7) is 6.16. The number of carbonyl (C=O) groups is 3. The van der Waals surface area contributed by atoms with Crippen molar-refractivity contribution in [2.75, 3.05) is 19.6 Å². The van der Waals surface area contributed by atoms with Crippen molar-refractivity contribution in [1.29, 1.82) is 0 Å². The minimum absolute atomic E-state index is 0.283. The zero-order valence-electron chi connectivity index (χ0n) is 14.1. The third-order valence-corrected chi connectivity index (χ3v) is 4.45. The van der Waals surface area contributed by atoms with Crippen molar-refractivity contribution in [3.63, 3.8) is 0 Å². The van der Waals surface area contributed by atoms with Crippen LogP contribution in [0.5, 0.6) is 0 Å². The molecule has 0 unspecified atom stereocenters. The highest BCUT2D eigenvalue weighted by atomic mass is 19.1. The maximum atomic E-state index is 13.2. The van der Waals surface area contributed by atoms with Crippen molar-refractivity contribution >= 4 is 17.8 Å². The first-order valence-corrected chi connectivity index (χ1v) is 8.07. The zero-order chi connectivity index (χ0) is 17.9. The first-order chi connectivity index (χ1) is 11.4. The van der Waals surface area contributed by atoms with Gasteiger partial charge in [-0.3, -0.25) is 14.5 Å². The lowest BCUT2D eigenvalue weighted by molar-refractivity contribution is -0.139. The number of imide groups is 1. The summed E-state index contributed by atoms with van der Waals surface area (Å²) in [4.78, 5) is 39.9. The van der Waals surface area contributed by atoms with Crippen LogP contribution in [0.15, 0.2) is 24.3 Å². The van der Waals surface area contributed by atoms with Gasteiger partial charge in [0, 0.05) is 13.1 Å². The molecule has 0 aromatic heterocycles. The van der Waals surface area contributed by atoms with Crippen molar-refractivity contribution < 1.29 is 18.8 Å². The fourth-order valence-electron chi connectivity index (χ4n) is 2.96. The molecule has 0 saturated carbocycles. The zero-order valence-corrected chi connectivity index (χ0v) is 14.1. The fourth-order valence-corrected chi connectivity index (χ4v) is 2.96. The van der Waals surface area contributed by atoms with Gasteiger partial charge in [-0.25, -0.2) is 9.18 Å². The van der Waals surface area contributed by atoms with Crippen molar-refractivity contribution in [2.24, 2.45) is 0 Å². The summed E-state index contributed by atoms with van der Waals surface area (Å²) in [6.07, 6.45) is 0.305. The Morgan fingerprint density at radius 2 is 1.75 bits per heavy atom. The molecule has 4 amide bonds. The van der Waals surface area contributed by atoms with Gasteiger partial charge >= 0.3 is 6.03 Å². The highest BCUT2D eigenvalue weighted by Crippen LogP contribution is 2.32. The van der Waals surface area contributed by atoms with Crippen molar-refractivity contribution in [3.05, 3.63) is 35.6 Å². The Morgan fingerprint density at radius 3 is 2.25 bits per heavy atom. The molecule has 1 aromatic rings. The molecule has 1 atom stereocenters. The Hall–Kier alpha value is -2.44. The van der Waals surface area contributed by atoms with Crippen LogP contribution in [0.4, 0.5) is 9.18 Å². The molecule has 1 aliphatic rings. The van der Waals surface area contributed by atoms with Gasteiger partial charge in [-0.2, -0.15) is 0 Å². The molecule has 1 aromatic carbocycles. The second-order valence-electron chi connectivity index (χ2n) is 5.65. The standard InChI is InChI=1S/C17H22FN3O3/c1-4-17(12-7-9-13(18)10-8-12)15(23)21(16(24)19-17)11-14(22)20(5-2)6-3/h7-10H,4-6,11H2,1-3H3,(H,19,24)/t17-/m0/s1. The number of rotatable bonds is 6. The molecule has 1 N–H and O–H groups in total. The fraction of sp³-hybridized carbons (Fsp3) is 0.471. The Labute approximate surface area is 140 Å². The molecule has 1 heterocycles. The van der Waals surface area contributed by atoms with E-state index in [1.54, 1.807) is 11.8 Å². The summed E-state index contributed by atoms with van der Waals surface area (Å²) in [7, 11) is 0. The second-order valence-corrected chi connectivity index (χ2v) is 5.65. The lowest BCUT2D eigenvalue weighted by atomic mass is 9.87. The molecule has 0 bridgehead atoms. The molecular formula is C17H22FN3O3. The number of halogens is 1. The van der Waals surface area contributed by atoms with Crippen LogP contribution in [0.25, 0.3) is 0 Å². The van der Waals surface area contributed by atoms with Gasteiger partial charge in [0.2, 0.25) is 5.91 Å². The Kier molecular flexibility index (Phi) is 5.21. The largest absolute Gasteiger partial charge is 0.342 e. The molecule has 24 heavy (non-hydrogen) atoms. The van der Waals surface area contributed by atoms with Crippen LogP contribution in [-0.4, -0.2) is 47.3 Å². The summed E-state index contributed by atoms with van der Waals surface area (Å²) in [6, 6.07) is 4.84. The van der Waals surface area contributed by atoms with E-state index in [1.165, 1.54) is 24.3 Å². The monoisotopic (exact) mass is 335 g/mol. The minimum atomic E-state index is -1.26. The number of hydrogen-bond donors (Lipinski definition) is 1. The molecule has 2 rings (SSSR count). The number of carbonyl (C=O) groups excluding carboxylic acids is 3. The first kappa shape index (κ1) is 17.9. The van der Waals surface area contributed by atoms with Gasteiger partial charge in [0.15, 0.2) is 0 Å². The van der Waals surface area contributed by atoms with Crippen molar-refractivity contribution in [2.45, 2.75) is 32.7 Å². The van der Waals surface area contributed by atoms with E-state index < -0.39 is 23.3 Å². The van der Waals surface area contributed by atoms with E-state index in [0.29, 0.717) is 25.1 Å². The van der Waals surface area contributed by atoms with E-state index in [2.05, 4.69) is 5.32 Å². The van der Waals surface area contributed by atoms with Gasteiger partial charge in [-0.15, -0.1) is 0 Å². The second kappa shape index (κ2) is 6.98. The molecule has 1 aliphatic heterocycles. The maximum absolute atomic E-state index is 13.2. The summed E-state index contributed by atoms with van der Waals surface area (Å²) in [5, 5.41) is 2.68. The van der Waals surface area contributed by atoms with Gasteiger partial charge in [0.25, 0.3) is 5.91 Å². The van der Waals surface area contributed by atoms with E-state index in [9.17, 15) is 18.8 Å². The van der Waals surface area contributed by atoms with E-state index in [1.807, 2.05) is 13.8 Å². The number of urea groups is 1. The third-order valence-electron chi connectivity index (χ3n) is 4.45. The van der Waals surface area contributed by atoms with E-state index in [4.69, 9.17) is 0 Å². The quantitative estimate of drug-likeness (QED) is 0.807. The highest BCUT2D eigenvalue weighted by molar-refractivity contribution is 6.09. The van der Waals surface area contributed by atoms with E-state index >= 15 is 0 Å². The SMILES string of the molecule is CCN(CC)C(=O)CN1C(=O)N[C@@](CC)(c2ccc(F)cc2)C1=O. The average Bonchev–Trinajstić information content (AvgIpc) is 2.82. The highest BCUT2D eigenvalue weighted by Gasteiger charge is 2.51. The number of amides is 4. The smallest absolute Gasteiger partial charge is 0.325 e. The number of hydrogen-bond acceptors (Lipinski definition) is 3. The molecule has 0 radical (unpaired) electrons. The Bertz CT molecular complexity index is 643. The topological polar surface area (TPSA) is 69.7 Å². The summed E-state index contributed by atoms with van der Waals surface area (Å²) < 4.78 is 13.2. The van der Waals surface area contributed by atoms with Crippen molar-refractivity contribution in [1.82, 2.24) is 15.1 Å². The predicted molar refractivity (Wildman–Crippen MR) is 86.5 cm³/mol. The van der Waals surface area contributed by atoms with Crippen LogP contribution < -0.4 is 5.32 Å². The normalized spacial score (nSPS) is 20.2. The minimum Gasteiger partial charge on any atom is -0.342 e. The molecule has 0 aliphatic carbocycles. The molecule has 6 nitrogen and oxygen atoms in total. The lowest BCUT2D eigenvalue weighted by Gasteiger charge is -2.26. The van der Waals surface area contributed by atoms with Gasteiger partial charge < -0.3 is 10.2 Å². The third kappa shape index (κ3) is 2.98. The first-order valence-electron chi connectivity index (χ1n) is 8.07. The van der Waals surface area contributed by atoms with Gasteiger partial charge in [0.1, 0.15) is 17.9 Å². The van der Waals surface area contributed by atoms with E-state index in [0.717, 1.165) is 4.90 Å². The van der Waals surface area contributed by atoms with E-state index in [-0.39, 0.29) is 12.5 Å². The number of nitrogens with zero attached hydrogens (tertiary/aromatic N) is 2. The summed E-state index contributed by atoms with van der Waals surface area (Å²) in [5.41, 5.74) is -0.753. The number of likely N-dealkylation sites (N-methyl/N-ethyl adjacent to an activating group) is 1. The van der Waals surface area contributed by atoms with Crippen LogP contribution in [0.2, 0.25) is 0 Å². The van der Waals surface area contributed by atoms with Gasteiger partial charge in [-0.1, -0.05) is 19.1 Å². The van der Waals surface area contributed by atoms with Crippen LogP contribution in [0.3, 0.4) is 0 Å². The van der Waals surface area contributed by atoms with Crippen LogP contribution in [-0.2, 0) is 15.1 Å². The number of benzene rings is 1. The maximum Gasteiger partial charge on any atom is 0.325 e. The van der Waals surface area contributed by atoms with Gasteiger partial charge in [0.05, 0.1) is 0 Å². The molecular weight excluding hydrogens is 313 g/mol.